The molecule has 6 nitrogen and oxygen atoms in total. The number of allylic oxidation sites excluding steroid dienone is 4. The molecule has 4 N–H and O–H groups in total. The molecule has 6 heteroatoms. The van der Waals surface area contributed by atoms with Crippen LogP contribution >= 0.6 is 0 Å². The molecule has 0 bridgehead atoms. The first-order valence-electron chi connectivity index (χ1n) is 15.8. The molecule has 0 unspecified atom stereocenters. The minimum absolute atomic E-state index is 0.876. The number of anilines is 8. The van der Waals surface area contributed by atoms with E-state index in [1.165, 1.54) is 0 Å². The van der Waals surface area contributed by atoms with Gasteiger partial charge in [-0.25, -0.2) is 9.98 Å². The summed E-state index contributed by atoms with van der Waals surface area (Å²) in [4.78, 5) is 9.55. The van der Waals surface area contributed by atoms with E-state index in [0.29, 0.717) is 0 Å². The van der Waals surface area contributed by atoms with E-state index in [-0.39, 0.29) is 0 Å². The maximum Gasteiger partial charge on any atom is 0.0638 e. The van der Waals surface area contributed by atoms with Gasteiger partial charge in [0.1, 0.15) is 0 Å². The third-order valence-electron chi connectivity index (χ3n) is 7.57. The molecule has 6 aromatic rings. The van der Waals surface area contributed by atoms with E-state index in [2.05, 4.69) is 69.8 Å². The number of hydrogen-bond donors (Lipinski definition) is 4. The molecular formula is C42H34N6. The number of para-hydroxylation sites is 2. The molecule has 0 spiro atoms. The second-order valence-corrected chi connectivity index (χ2v) is 11.2. The summed E-state index contributed by atoms with van der Waals surface area (Å²) >= 11 is 0. The van der Waals surface area contributed by atoms with Gasteiger partial charge in [0.25, 0.3) is 0 Å². The van der Waals surface area contributed by atoms with Crippen molar-refractivity contribution in [2.45, 2.75) is 0 Å². The molecule has 0 saturated carbocycles. The fourth-order valence-corrected chi connectivity index (χ4v) is 5.12. The molecule has 1 aliphatic carbocycles. The van der Waals surface area contributed by atoms with Crippen LogP contribution in [0.3, 0.4) is 0 Å². The molecule has 0 aromatic heterocycles. The minimum atomic E-state index is 0.876. The fraction of sp³-hybridized carbons (Fsp3) is 0. The zero-order chi connectivity index (χ0) is 32.4. The summed E-state index contributed by atoms with van der Waals surface area (Å²) in [5.74, 6) is 0. The van der Waals surface area contributed by atoms with Crippen molar-refractivity contribution in [1.29, 1.82) is 0 Å². The predicted octanol–water partition coefficient (Wildman–Crippen LogP) is 11.6. The van der Waals surface area contributed by atoms with Gasteiger partial charge in [-0.05, 0) is 146 Å². The molecule has 48 heavy (non-hydrogen) atoms. The van der Waals surface area contributed by atoms with Crippen molar-refractivity contribution in [2.75, 3.05) is 21.3 Å². The summed E-state index contributed by atoms with van der Waals surface area (Å²) in [6.45, 7) is 0. The maximum atomic E-state index is 4.78. The quantitative estimate of drug-likeness (QED) is 0.115. The Bertz CT molecular complexity index is 1890. The standard InChI is InChI=1S/C42H34N6/c1-3-7-31(8-4-1)43-33-11-15-35(16-12-33)45-37-19-23-39(24-20-37)47-41-27-29-42(30-28-41)48-40-25-21-38(22-26-40)46-36-17-13-34(14-18-36)44-32-9-5-2-6-10-32/h1-30,43-46H. The average molecular weight is 623 g/mol. The maximum absolute atomic E-state index is 4.78. The third-order valence-corrected chi connectivity index (χ3v) is 7.57. The molecule has 1 aliphatic rings. The summed E-state index contributed by atoms with van der Waals surface area (Å²) in [7, 11) is 0. The summed E-state index contributed by atoms with van der Waals surface area (Å²) in [6, 6.07) is 53.0. The lowest BCUT2D eigenvalue weighted by molar-refractivity contribution is 1.48. The van der Waals surface area contributed by atoms with Gasteiger partial charge in [0, 0.05) is 45.5 Å². The number of benzene rings is 6. The lowest BCUT2D eigenvalue weighted by Gasteiger charge is -2.10. The number of rotatable bonds is 10. The van der Waals surface area contributed by atoms with Gasteiger partial charge in [-0.15, -0.1) is 0 Å². The fourth-order valence-electron chi connectivity index (χ4n) is 5.12. The van der Waals surface area contributed by atoms with Crippen molar-refractivity contribution >= 4 is 68.3 Å². The molecule has 0 atom stereocenters. The Hall–Kier alpha value is -6.66. The molecule has 0 fully saturated rings. The largest absolute Gasteiger partial charge is 0.356 e. The van der Waals surface area contributed by atoms with Gasteiger partial charge in [-0.2, -0.15) is 0 Å². The number of aliphatic imine (C=N–C) groups is 2. The molecular weight excluding hydrogens is 589 g/mol. The Morgan fingerprint density at radius 2 is 0.479 bits per heavy atom. The molecule has 0 radical (unpaired) electrons. The summed E-state index contributed by atoms with van der Waals surface area (Å²) in [5.41, 5.74) is 11.8. The van der Waals surface area contributed by atoms with Crippen LogP contribution in [0.25, 0.3) is 0 Å². The molecule has 0 amide bonds. The van der Waals surface area contributed by atoms with Crippen LogP contribution < -0.4 is 21.3 Å². The smallest absolute Gasteiger partial charge is 0.0638 e. The average Bonchev–Trinajstić information content (AvgIpc) is 3.13. The first-order valence-corrected chi connectivity index (χ1v) is 15.8. The van der Waals surface area contributed by atoms with E-state index in [9.17, 15) is 0 Å². The molecule has 232 valence electrons. The molecule has 0 aliphatic heterocycles. The number of hydrogen-bond acceptors (Lipinski definition) is 6. The van der Waals surface area contributed by atoms with Crippen molar-refractivity contribution in [3.8, 4) is 0 Å². The van der Waals surface area contributed by atoms with Crippen LogP contribution in [0.1, 0.15) is 0 Å². The van der Waals surface area contributed by atoms with E-state index >= 15 is 0 Å². The minimum Gasteiger partial charge on any atom is -0.356 e. The topological polar surface area (TPSA) is 72.8 Å². The highest BCUT2D eigenvalue weighted by atomic mass is 14.9. The van der Waals surface area contributed by atoms with Crippen molar-refractivity contribution in [2.24, 2.45) is 9.98 Å². The normalized spacial score (nSPS) is 11.9. The Morgan fingerprint density at radius 3 is 0.750 bits per heavy atom. The van der Waals surface area contributed by atoms with Gasteiger partial charge in [-0.1, -0.05) is 36.4 Å². The second-order valence-electron chi connectivity index (χ2n) is 11.2. The number of nitrogens with one attached hydrogen (secondary N) is 4. The van der Waals surface area contributed by atoms with E-state index in [4.69, 9.17) is 9.98 Å². The SMILES string of the molecule is C1=CC(=Nc2ccc(Nc3ccc(Nc4ccccc4)cc3)cc2)C=CC1=Nc1ccc(Nc2ccc(Nc3ccccc3)cc2)cc1. The summed E-state index contributed by atoms with van der Waals surface area (Å²) < 4.78 is 0. The molecule has 6 aromatic carbocycles. The second kappa shape index (κ2) is 14.6. The van der Waals surface area contributed by atoms with Crippen LogP contribution in [0.15, 0.2) is 192 Å². The predicted molar refractivity (Wildman–Crippen MR) is 204 cm³/mol. The third kappa shape index (κ3) is 8.33. The van der Waals surface area contributed by atoms with Crippen LogP contribution in [0.5, 0.6) is 0 Å². The Morgan fingerprint density at radius 1 is 0.250 bits per heavy atom. The Labute approximate surface area is 281 Å². The summed E-state index contributed by atoms with van der Waals surface area (Å²) in [5, 5.41) is 13.7. The monoisotopic (exact) mass is 622 g/mol. The van der Waals surface area contributed by atoms with Gasteiger partial charge in [0.15, 0.2) is 0 Å². The van der Waals surface area contributed by atoms with E-state index in [1.807, 2.05) is 133 Å². The van der Waals surface area contributed by atoms with Gasteiger partial charge in [-0.3, -0.25) is 0 Å². The van der Waals surface area contributed by atoms with Crippen molar-refractivity contribution in [3.05, 3.63) is 182 Å². The summed E-state index contributed by atoms with van der Waals surface area (Å²) in [6.07, 6.45) is 7.95. The first kappa shape index (κ1) is 30.0. The molecule has 7 rings (SSSR count). The lowest BCUT2D eigenvalue weighted by atomic mass is 10.1. The van der Waals surface area contributed by atoms with Crippen molar-refractivity contribution in [1.82, 2.24) is 0 Å². The van der Waals surface area contributed by atoms with E-state index in [0.717, 1.165) is 68.3 Å². The Balaban J connectivity index is 0.900. The van der Waals surface area contributed by atoms with Crippen LogP contribution in [0, 0.1) is 0 Å². The first-order chi connectivity index (χ1) is 23.7. The van der Waals surface area contributed by atoms with Crippen molar-refractivity contribution < 1.29 is 0 Å². The van der Waals surface area contributed by atoms with Gasteiger partial charge in [0.05, 0.1) is 22.8 Å². The molecule has 0 saturated heterocycles. The zero-order valence-corrected chi connectivity index (χ0v) is 26.2. The van der Waals surface area contributed by atoms with Crippen LogP contribution in [-0.2, 0) is 0 Å². The highest BCUT2D eigenvalue weighted by Gasteiger charge is 2.03. The Kier molecular flexibility index (Phi) is 9.15. The van der Waals surface area contributed by atoms with Crippen LogP contribution in [-0.4, -0.2) is 11.4 Å². The lowest BCUT2D eigenvalue weighted by Crippen LogP contribution is -1.99. The number of nitrogens with zero attached hydrogens (tertiary/aromatic N) is 2. The van der Waals surface area contributed by atoms with Gasteiger partial charge < -0.3 is 21.3 Å². The molecule has 0 heterocycles. The van der Waals surface area contributed by atoms with E-state index in [1.54, 1.807) is 0 Å². The van der Waals surface area contributed by atoms with Crippen LogP contribution in [0.4, 0.5) is 56.9 Å². The van der Waals surface area contributed by atoms with Gasteiger partial charge in [0.2, 0.25) is 0 Å². The van der Waals surface area contributed by atoms with Crippen molar-refractivity contribution in [3.63, 3.8) is 0 Å². The highest BCUT2D eigenvalue weighted by Crippen LogP contribution is 2.26. The van der Waals surface area contributed by atoms with Crippen LogP contribution in [0.2, 0.25) is 0 Å². The highest BCUT2D eigenvalue weighted by molar-refractivity contribution is 6.19. The van der Waals surface area contributed by atoms with E-state index < -0.39 is 0 Å². The van der Waals surface area contributed by atoms with Gasteiger partial charge >= 0.3 is 0 Å². The zero-order valence-electron chi connectivity index (χ0n) is 26.2.